The molecule has 1 heterocycles. The molecule has 1 rings (SSSR count). The van der Waals surface area contributed by atoms with Crippen molar-refractivity contribution in [1.82, 2.24) is 4.98 Å². The number of pyridine rings is 1. The molecule has 0 fully saturated rings. The molecule has 0 spiro atoms. The second kappa shape index (κ2) is 4.11. The van der Waals surface area contributed by atoms with Crippen LogP contribution in [0, 0.1) is 11.8 Å². The lowest BCUT2D eigenvalue weighted by molar-refractivity contribution is -0.103. The average molecular weight is 161 g/mol. The number of rotatable bonds is 1. The summed E-state index contributed by atoms with van der Waals surface area (Å²) in [5, 5.41) is 0. The lowest BCUT2D eigenvalue weighted by atomic mass is 10.3. The maximum absolute atomic E-state index is 9.89. The summed E-state index contributed by atoms with van der Waals surface area (Å²) in [7, 11) is 0. The molecule has 1 aromatic rings. The van der Waals surface area contributed by atoms with Crippen molar-refractivity contribution in [2.75, 3.05) is 5.43 Å². The summed E-state index contributed by atoms with van der Waals surface area (Å²) in [4.78, 5) is 13.9. The number of hydrogen-bond donors (Lipinski definition) is 2. The number of anilines is 1. The van der Waals surface area contributed by atoms with Crippen molar-refractivity contribution in [3.8, 4) is 11.8 Å². The molecule has 12 heavy (non-hydrogen) atoms. The molecule has 3 N–H and O–H groups in total. The standard InChI is InChI=1S/C8H7N3O/c9-11-8-5-1-3-7(10-8)4-2-6-12/h1,3,5-6H,9H2,(H,10,11). The van der Waals surface area contributed by atoms with Gasteiger partial charge < -0.3 is 5.43 Å². The molecule has 0 saturated heterocycles. The minimum Gasteiger partial charge on any atom is -0.308 e. The normalized spacial score (nSPS) is 8.08. The third-order valence-electron chi connectivity index (χ3n) is 1.16. The van der Waals surface area contributed by atoms with Crippen LogP contribution in [0.2, 0.25) is 0 Å². The van der Waals surface area contributed by atoms with Crippen LogP contribution in [-0.2, 0) is 4.79 Å². The van der Waals surface area contributed by atoms with Gasteiger partial charge in [-0.3, -0.25) is 4.79 Å². The summed E-state index contributed by atoms with van der Waals surface area (Å²) >= 11 is 0. The van der Waals surface area contributed by atoms with E-state index in [2.05, 4.69) is 22.3 Å². The van der Waals surface area contributed by atoms with E-state index in [9.17, 15) is 4.79 Å². The van der Waals surface area contributed by atoms with Crippen LogP contribution in [-0.4, -0.2) is 11.3 Å². The van der Waals surface area contributed by atoms with Gasteiger partial charge in [-0.1, -0.05) is 6.07 Å². The molecule has 0 aliphatic heterocycles. The van der Waals surface area contributed by atoms with Crippen molar-refractivity contribution < 1.29 is 4.79 Å². The summed E-state index contributed by atoms with van der Waals surface area (Å²) in [6.07, 6.45) is 0.518. The molecule has 0 atom stereocenters. The van der Waals surface area contributed by atoms with E-state index < -0.39 is 0 Å². The van der Waals surface area contributed by atoms with Gasteiger partial charge in [-0.2, -0.15) is 0 Å². The van der Waals surface area contributed by atoms with Gasteiger partial charge in [-0.15, -0.1) is 0 Å². The van der Waals surface area contributed by atoms with Crippen LogP contribution in [0.4, 0.5) is 5.82 Å². The lowest BCUT2D eigenvalue weighted by Crippen LogP contribution is -2.08. The van der Waals surface area contributed by atoms with Crippen molar-refractivity contribution in [3.63, 3.8) is 0 Å². The van der Waals surface area contributed by atoms with E-state index in [1.165, 1.54) is 0 Å². The summed E-state index contributed by atoms with van der Waals surface area (Å²) in [5.41, 5.74) is 2.89. The van der Waals surface area contributed by atoms with Gasteiger partial charge in [0, 0.05) is 0 Å². The van der Waals surface area contributed by atoms with E-state index in [0.717, 1.165) is 0 Å². The van der Waals surface area contributed by atoms with Crippen LogP contribution in [0.1, 0.15) is 5.69 Å². The summed E-state index contributed by atoms with van der Waals surface area (Å²) in [5.74, 6) is 10.4. The van der Waals surface area contributed by atoms with E-state index in [0.29, 0.717) is 17.8 Å². The number of nitrogens with two attached hydrogens (primary N) is 1. The van der Waals surface area contributed by atoms with E-state index in [-0.39, 0.29) is 0 Å². The Balaban J connectivity index is 2.93. The highest BCUT2D eigenvalue weighted by Crippen LogP contribution is 2.00. The summed E-state index contributed by atoms with van der Waals surface area (Å²) in [6, 6.07) is 5.14. The fourth-order valence-corrected chi connectivity index (χ4v) is 0.688. The monoisotopic (exact) mass is 161 g/mol. The van der Waals surface area contributed by atoms with Gasteiger partial charge in [0.15, 0.2) is 6.29 Å². The fourth-order valence-electron chi connectivity index (χ4n) is 0.688. The van der Waals surface area contributed by atoms with Crippen molar-refractivity contribution >= 4 is 12.1 Å². The Morgan fingerprint density at radius 3 is 3.08 bits per heavy atom. The highest BCUT2D eigenvalue weighted by Gasteiger charge is 1.90. The molecule has 60 valence electrons. The largest absolute Gasteiger partial charge is 0.308 e. The van der Waals surface area contributed by atoms with Gasteiger partial charge in [0.1, 0.15) is 11.5 Å². The Labute approximate surface area is 69.8 Å². The number of carbonyl (C=O) groups excluding carboxylic acids is 1. The first-order valence-electron chi connectivity index (χ1n) is 3.25. The Kier molecular flexibility index (Phi) is 2.82. The second-order valence-corrected chi connectivity index (χ2v) is 1.94. The number of nitrogens with one attached hydrogen (secondary N) is 1. The topological polar surface area (TPSA) is 68.0 Å². The van der Waals surface area contributed by atoms with Crippen LogP contribution in [0.25, 0.3) is 0 Å². The smallest absolute Gasteiger partial charge is 0.193 e. The zero-order valence-corrected chi connectivity index (χ0v) is 6.24. The van der Waals surface area contributed by atoms with Gasteiger partial charge >= 0.3 is 0 Å². The van der Waals surface area contributed by atoms with Crippen LogP contribution in [0.15, 0.2) is 18.2 Å². The number of hydrogen-bond acceptors (Lipinski definition) is 4. The minimum absolute atomic E-state index is 0.512. The number of aromatic nitrogens is 1. The molecule has 0 saturated carbocycles. The molecule has 0 radical (unpaired) electrons. The van der Waals surface area contributed by atoms with Gasteiger partial charge in [0.2, 0.25) is 0 Å². The van der Waals surface area contributed by atoms with Crippen LogP contribution < -0.4 is 11.3 Å². The molecule has 0 unspecified atom stereocenters. The van der Waals surface area contributed by atoms with Crippen molar-refractivity contribution in [1.29, 1.82) is 0 Å². The molecule has 0 aromatic carbocycles. The first kappa shape index (κ1) is 8.24. The SMILES string of the molecule is NNc1cccc(C#CC=O)n1. The second-order valence-electron chi connectivity index (χ2n) is 1.94. The first-order valence-corrected chi connectivity index (χ1v) is 3.25. The zero-order valence-electron chi connectivity index (χ0n) is 6.24. The van der Waals surface area contributed by atoms with Crippen molar-refractivity contribution in [2.24, 2.45) is 5.84 Å². The molecular formula is C8H7N3O. The predicted octanol–water partition coefficient (Wildman–Crippen LogP) is -0.0824. The maximum Gasteiger partial charge on any atom is 0.193 e. The summed E-state index contributed by atoms with van der Waals surface area (Å²) in [6.45, 7) is 0. The number of aldehydes is 1. The Morgan fingerprint density at radius 1 is 1.58 bits per heavy atom. The van der Waals surface area contributed by atoms with E-state index in [4.69, 9.17) is 5.84 Å². The molecule has 4 nitrogen and oxygen atoms in total. The van der Waals surface area contributed by atoms with E-state index in [1.54, 1.807) is 18.2 Å². The van der Waals surface area contributed by atoms with Gasteiger partial charge in [-0.25, -0.2) is 10.8 Å². The quantitative estimate of drug-likeness (QED) is 0.261. The first-order chi connectivity index (χ1) is 5.86. The Hall–Kier alpha value is -1.86. The van der Waals surface area contributed by atoms with Gasteiger partial charge in [-0.05, 0) is 24.0 Å². The fraction of sp³-hybridized carbons (Fsp3) is 0. The highest BCUT2D eigenvalue weighted by atomic mass is 16.1. The van der Waals surface area contributed by atoms with Crippen LogP contribution in [0.3, 0.4) is 0 Å². The van der Waals surface area contributed by atoms with Crippen molar-refractivity contribution in [3.05, 3.63) is 23.9 Å². The molecule has 0 aliphatic carbocycles. The Morgan fingerprint density at radius 2 is 2.42 bits per heavy atom. The molecule has 0 bridgehead atoms. The third kappa shape index (κ3) is 2.08. The third-order valence-corrected chi connectivity index (χ3v) is 1.16. The molecule has 0 aliphatic rings. The Bertz CT molecular complexity index is 338. The lowest BCUT2D eigenvalue weighted by Gasteiger charge is -1.96. The molecule has 1 aromatic heterocycles. The average Bonchev–Trinajstić information content (AvgIpc) is 2.15. The predicted molar refractivity (Wildman–Crippen MR) is 45.0 cm³/mol. The van der Waals surface area contributed by atoms with E-state index in [1.807, 2.05) is 0 Å². The van der Waals surface area contributed by atoms with Crippen LogP contribution >= 0.6 is 0 Å². The molecular weight excluding hydrogens is 154 g/mol. The highest BCUT2D eigenvalue weighted by molar-refractivity contribution is 5.73. The number of nitrogens with zero attached hydrogens (tertiary/aromatic N) is 1. The number of nitrogen functional groups attached to an aromatic ring is 1. The minimum atomic E-state index is 0.512. The molecule has 0 amide bonds. The molecule has 4 heteroatoms. The number of hydrazine groups is 1. The van der Waals surface area contributed by atoms with Crippen molar-refractivity contribution in [2.45, 2.75) is 0 Å². The van der Waals surface area contributed by atoms with E-state index >= 15 is 0 Å². The van der Waals surface area contributed by atoms with Crippen LogP contribution in [0.5, 0.6) is 0 Å². The van der Waals surface area contributed by atoms with Gasteiger partial charge in [0.05, 0.1) is 0 Å². The maximum atomic E-state index is 9.89. The number of carbonyl (C=O) groups is 1. The zero-order chi connectivity index (χ0) is 8.81. The summed E-state index contributed by atoms with van der Waals surface area (Å²) < 4.78 is 0. The van der Waals surface area contributed by atoms with Gasteiger partial charge in [0.25, 0.3) is 0 Å².